The number of H-pyrrole nitrogens is 1. The average molecular weight is 220 g/mol. The number of nitrogens with two attached hydrogens (primary N) is 2. The van der Waals surface area contributed by atoms with Crippen LogP contribution < -0.4 is 11.2 Å². The van der Waals surface area contributed by atoms with E-state index in [-0.39, 0.29) is 0 Å². The van der Waals surface area contributed by atoms with Gasteiger partial charge in [0, 0.05) is 25.5 Å². The molecule has 0 saturated heterocycles. The molecule has 82 valence electrons. The van der Waals surface area contributed by atoms with Crippen molar-refractivity contribution in [3.05, 3.63) is 18.2 Å². The van der Waals surface area contributed by atoms with Gasteiger partial charge >= 0.3 is 0 Å². The Labute approximate surface area is 83.2 Å². The number of aromatic nitrogens is 2. The lowest BCUT2D eigenvalue weighted by molar-refractivity contribution is 0.486. The van der Waals surface area contributed by atoms with Crippen LogP contribution in [0.2, 0.25) is 0 Å². The van der Waals surface area contributed by atoms with E-state index in [1.165, 1.54) is 0 Å². The van der Waals surface area contributed by atoms with Gasteiger partial charge < -0.3 is 15.6 Å². The second kappa shape index (κ2) is 6.73. The van der Waals surface area contributed by atoms with E-state index < -0.39 is 7.52 Å². The first-order valence-electron chi connectivity index (χ1n) is 4.20. The first-order chi connectivity index (χ1) is 6.43. The molecule has 0 fully saturated rings. The molecule has 1 rings (SSSR count). The summed E-state index contributed by atoms with van der Waals surface area (Å²) in [7, 11) is -3.14. The van der Waals surface area contributed by atoms with Gasteiger partial charge in [-0.1, -0.05) is 0 Å². The van der Waals surface area contributed by atoms with Crippen molar-refractivity contribution in [2.24, 2.45) is 11.2 Å². The highest BCUT2D eigenvalue weighted by Gasteiger charge is 1.92. The van der Waals surface area contributed by atoms with Crippen molar-refractivity contribution in [3.8, 4) is 0 Å². The van der Waals surface area contributed by atoms with Gasteiger partial charge in [0.2, 0.25) is 0 Å². The van der Waals surface area contributed by atoms with Crippen LogP contribution in [0.1, 0.15) is 12.2 Å². The maximum atomic E-state index is 9.55. The normalized spacial score (nSPS) is 14.0. The summed E-state index contributed by atoms with van der Waals surface area (Å²) in [5.74, 6) is 1.03. The number of rotatable bonds is 3. The van der Waals surface area contributed by atoms with Crippen molar-refractivity contribution in [1.29, 1.82) is 0 Å². The van der Waals surface area contributed by atoms with Gasteiger partial charge in [-0.05, 0) is 13.0 Å². The van der Waals surface area contributed by atoms with E-state index in [9.17, 15) is 4.57 Å². The monoisotopic (exact) mass is 220 g/mol. The molecule has 0 bridgehead atoms. The summed E-state index contributed by atoms with van der Waals surface area (Å²) >= 11 is 0. The van der Waals surface area contributed by atoms with Crippen LogP contribution in [-0.2, 0) is 11.0 Å². The second-order valence-corrected chi connectivity index (χ2v) is 4.76. The van der Waals surface area contributed by atoms with E-state index in [1.54, 1.807) is 6.20 Å². The first-order valence-corrected chi connectivity index (χ1v) is 6.38. The number of hydrogen-bond acceptors (Lipinski definition) is 3. The maximum absolute atomic E-state index is 9.55. The Hall–Kier alpha value is -0.680. The molecule has 0 aliphatic rings. The maximum Gasteiger partial charge on any atom is 0.261 e. The van der Waals surface area contributed by atoms with Gasteiger partial charge in [0.05, 0.1) is 0 Å². The Morgan fingerprint density at radius 2 is 2.29 bits per heavy atom. The summed E-state index contributed by atoms with van der Waals surface area (Å²) < 4.78 is 9.55. The minimum atomic E-state index is -3.14. The van der Waals surface area contributed by atoms with E-state index >= 15 is 0 Å². The number of aromatic amines is 1. The van der Waals surface area contributed by atoms with Gasteiger partial charge in [0.15, 0.2) is 0 Å². The predicted molar refractivity (Wildman–Crippen MR) is 55.9 cm³/mol. The van der Waals surface area contributed by atoms with Crippen molar-refractivity contribution in [2.75, 3.05) is 13.2 Å². The molecule has 0 saturated carbocycles. The minimum absolute atomic E-state index is 0.737. The third kappa shape index (κ3) is 11.3. The Bertz CT molecular complexity index is 261. The third-order valence-electron chi connectivity index (χ3n) is 1.17. The van der Waals surface area contributed by atoms with Crippen molar-refractivity contribution in [2.45, 2.75) is 12.8 Å². The van der Waals surface area contributed by atoms with Crippen LogP contribution in [-0.4, -0.2) is 28.1 Å². The topological polar surface area (TPSA) is 118 Å². The van der Waals surface area contributed by atoms with Crippen LogP contribution in [0.3, 0.4) is 0 Å². The molecule has 14 heavy (non-hydrogen) atoms. The van der Waals surface area contributed by atoms with Gasteiger partial charge in [-0.15, -0.1) is 0 Å². The van der Waals surface area contributed by atoms with Gasteiger partial charge in [0.1, 0.15) is 5.82 Å². The fraction of sp³-hybridized carbons (Fsp3) is 0.571. The molecule has 0 spiro atoms. The van der Waals surface area contributed by atoms with Crippen LogP contribution in [0, 0.1) is 0 Å². The third-order valence-corrected chi connectivity index (χ3v) is 1.17. The number of hydrogen-bond donors (Lipinski definition) is 4. The Morgan fingerprint density at radius 1 is 1.71 bits per heavy atom. The summed E-state index contributed by atoms with van der Waals surface area (Å²) in [5.41, 5.74) is 9.77. The number of imidazole rings is 1. The second-order valence-electron chi connectivity index (χ2n) is 2.87. The van der Waals surface area contributed by atoms with Gasteiger partial charge in [-0.2, -0.15) is 0 Å². The van der Waals surface area contributed by atoms with Gasteiger partial charge in [-0.25, -0.2) is 4.98 Å². The summed E-state index contributed by atoms with van der Waals surface area (Å²) in [5, 5.41) is 0. The average Bonchev–Trinajstić information content (AvgIpc) is 2.49. The lowest BCUT2D eigenvalue weighted by atomic mass is 10.3. The molecule has 6 nitrogen and oxygen atoms in total. The van der Waals surface area contributed by atoms with Gasteiger partial charge in [0.25, 0.3) is 7.52 Å². The SMILES string of the molecule is CP(N)(=O)O.NCCCc1ncc[nH]1. The molecule has 1 heterocycles. The summed E-state index contributed by atoms with van der Waals surface area (Å²) in [6.45, 7) is 1.81. The van der Waals surface area contributed by atoms with Crippen molar-refractivity contribution in [3.63, 3.8) is 0 Å². The number of nitrogens with zero attached hydrogens (tertiary/aromatic N) is 1. The molecule has 0 radical (unpaired) electrons. The summed E-state index contributed by atoms with van der Waals surface area (Å²) in [6.07, 6.45) is 5.55. The molecule has 1 aromatic heterocycles. The molecule has 0 amide bonds. The van der Waals surface area contributed by atoms with Crippen molar-refractivity contribution in [1.82, 2.24) is 9.97 Å². The highest BCUT2D eigenvalue weighted by molar-refractivity contribution is 7.54. The standard InChI is InChI=1S/C6H11N3.CH6NO2P/c7-3-1-2-6-8-4-5-9-6;1-5(2,3)4/h4-5H,1-3,7H2,(H,8,9);1H3,(H3,2,3,4). The molecular weight excluding hydrogens is 203 g/mol. The minimum Gasteiger partial charge on any atom is -0.349 e. The Kier molecular flexibility index (Phi) is 6.40. The van der Waals surface area contributed by atoms with Crippen molar-refractivity contribution < 1.29 is 9.46 Å². The smallest absolute Gasteiger partial charge is 0.261 e. The van der Waals surface area contributed by atoms with Gasteiger partial charge in [-0.3, -0.25) is 10.1 Å². The zero-order chi connectivity index (χ0) is 11.0. The Balaban J connectivity index is 0.000000292. The van der Waals surface area contributed by atoms with Crippen molar-refractivity contribution >= 4 is 7.52 Å². The van der Waals surface area contributed by atoms with Crippen LogP contribution in [0.15, 0.2) is 12.4 Å². The first kappa shape index (κ1) is 13.3. The lowest BCUT2D eigenvalue weighted by Crippen LogP contribution is -2.00. The van der Waals surface area contributed by atoms with Crippen LogP contribution in [0.25, 0.3) is 0 Å². The molecule has 0 aliphatic carbocycles. The molecule has 6 N–H and O–H groups in total. The number of aryl methyl sites for hydroxylation is 1. The highest BCUT2D eigenvalue weighted by Crippen LogP contribution is 2.20. The fourth-order valence-electron chi connectivity index (χ4n) is 0.704. The molecule has 0 aliphatic heterocycles. The quantitative estimate of drug-likeness (QED) is 0.537. The van der Waals surface area contributed by atoms with E-state index in [2.05, 4.69) is 15.5 Å². The number of nitrogens with one attached hydrogen (secondary N) is 1. The zero-order valence-corrected chi connectivity index (χ0v) is 9.08. The van der Waals surface area contributed by atoms with Crippen LogP contribution in [0.4, 0.5) is 0 Å². The molecule has 0 aromatic carbocycles. The molecule has 7 heteroatoms. The summed E-state index contributed by atoms with van der Waals surface area (Å²) in [4.78, 5) is 14.9. The predicted octanol–water partition coefficient (Wildman–Crippen LogP) is 0.0613. The van der Waals surface area contributed by atoms with Crippen LogP contribution >= 0.6 is 7.52 Å². The fourth-order valence-corrected chi connectivity index (χ4v) is 0.704. The molecule has 1 atom stereocenters. The Morgan fingerprint density at radius 3 is 2.64 bits per heavy atom. The molecule has 1 aromatic rings. The van der Waals surface area contributed by atoms with E-state index in [4.69, 9.17) is 10.6 Å². The molecule has 1 unspecified atom stereocenters. The summed E-state index contributed by atoms with van der Waals surface area (Å²) in [6, 6.07) is 0. The largest absolute Gasteiger partial charge is 0.349 e. The van der Waals surface area contributed by atoms with Crippen LogP contribution in [0.5, 0.6) is 0 Å². The lowest BCUT2D eigenvalue weighted by Gasteiger charge is -1.90. The molecular formula is C7H17N4O2P. The zero-order valence-electron chi connectivity index (χ0n) is 8.18. The van der Waals surface area contributed by atoms with E-state index in [0.717, 1.165) is 31.9 Å². The van der Waals surface area contributed by atoms with E-state index in [0.29, 0.717) is 0 Å². The highest BCUT2D eigenvalue weighted by atomic mass is 31.2. The van der Waals surface area contributed by atoms with E-state index in [1.807, 2.05) is 6.20 Å².